The zero-order chi connectivity index (χ0) is 21.4. The molecular weight excluding hydrogens is 458 g/mol. The SMILES string of the molecule is COc1ccc(/C=N/NC(=O)C(CC(C)C)NC(=O)c2ccc(Cl)cc2)cc1Br. The predicted molar refractivity (Wildman–Crippen MR) is 119 cm³/mol. The molecule has 0 saturated carbocycles. The predicted octanol–water partition coefficient (Wildman–Crippen LogP) is 4.41. The smallest absolute Gasteiger partial charge is 0.262 e. The summed E-state index contributed by atoms with van der Waals surface area (Å²) in [6.07, 6.45) is 2.00. The summed E-state index contributed by atoms with van der Waals surface area (Å²) < 4.78 is 5.96. The van der Waals surface area contributed by atoms with Crippen LogP contribution in [0.4, 0.5) is 0 Å². The van der Waals surface area contributed by atoms with Crippen LogP contribution in [0.25, 0.3) is 0 Å². The molecule has 0 aliphatic rings. The zero-order valence-corrected chi connectivity index (χ0v) is 18.8. The molecule has 2 aromatic carbocycles. The van der Waals surface area contributed by atoms with Crippen molar-refractivity contribution >= 4 is 45.6 Å². The van der Waals surface area contributed by atoms with E-state index in [1.165, 1.54) is 6.21 Å². The molecule has 0 spiro atoms. The molecule has 1 atom stereocenters. The number of hydrazone groups is 1. The fraction of sp³-hybridized carbons (Fsp3) is 0.286. The Labute approximate surface area is 183 Å². The van der Waals surface area contributed by atoms with E-state index in [4.69, 9.17) is 16.3 Å². The van der Waals surface area contributed by atoms with Gasteiger partial charge in [0.05, 0.1) is 17.8 Å². The third-order valence-electron chi connectivity index (χ3n) is 4.00. The van der Waals surface area contributed by atoms with E-state index in [-0.39, 0.29) is 17.7 Å². The molecule has 2 amide bonds. The number of ether oxygens (including phenoxy) is 1. The summed E-state index contributed by atoms with van der Waals surface area (Å²) in [5, 5.41) is 7.31. The molecule has 0 fully saturated rings. The molecule has 154 valence electrons. The highest BCUT2D eigenvalue weighted by Crippen LogP contribution is 2.24. The normalized spacial score (nSPS) is 12.1. The van der Waals surface area contributed by atoms with Crippen LogP contribution >= 0.6 is 27.5 Å². The van der Waals surface area contributed by atoms with Crippen molar-refractivity contribution in [2.45, 2.75) is 26.3 Å². The van der Waals surface area contributed by atoms with E-state index >= 15 is 0 Å². The van der Waals surface area contributed by atoms with Gasteiger partial charge in [-0.3, -0.25) is 9.59 Å². The first-order chi connectivity index (χ1) is 13.8. The largest absolute Gasteiger partial charge is 0.496 e. The number of amides is 2. The summed E-state index contributed by atoms with van der Waals surface area (Å²) in [6, 6.07) is 11.2. The molecule has 0 aliphatic carbocycles. The van der Waals surface area contributed by atoms with E-state index < -0.39 is 6.04 Å². The molecule has 29 heavy (non-hydrogen) atoms. The number of benzene rings is 2. The minimum atomic E-state index is -0.710. The lowest BCUT2D eigenvalue weighted by Gasteiger charge is -2.19. The van der Waals surface area contributed by atoms with Gasteiger partial charge in [0.1, 0.15) is 11.8 Å². The van der Waals surface area contributed by atoms with Crippen molar-refractivity contribution in [2.24, 2.45) is 11.0 Å². The maximum atomic E-state index is 12.6. The summed E-state index contributed by atoms with van der Waals surface area (Å²) in [6.45, 7) is 3.96. The standard InChI is InChI=1S/C21H23BrClN3O3/c1-13(2)10-18(25-20(27)15-5-7-16(23)8-6-15)21(28)26-24-12-14-4-9-19(29-3)17(22)11-14/h4-9,11-13,18H,10H2,1-3H3,(H,25,27)(H,26,28)/b24-12+. The van der Waals surface area contributed by atoms with Gasteiger partial charge in [0.25, 0.3) is 11.8 Å². The average Bonchev–Trinajstić information content (AvgIpc) is 2.67. The molecule has 2 N–H and O–H groups in total. The molecule has 0 radical (unpaired) electrons. The number of rotatable bonds is 8. The first-order valence-corrected chi connectivity index (χ1v) is 10.2. The summed E-state index contributed by atoms with van der Waals surface area (Å²) in [7, 11) is 1.58. The Morgan fingerprint density at radius 2 is 1.90 bits per heavy atom. The van der Waals surface area contributed by atoms with Gasteiger partial charge in [0.15, 0.2) is 0 Å². The third-order valence-corrected chi connectivity index (χ3v) is 4.87. The van der Waals surface area contributed by atoms with Gasteiger partial charge in [-0.15, -0.1) is 0 Å². The van der Waals surface area contributed by atoms with Crippen molar-refractivity contribution in [3.8, 4) is 5.75 Å². The van der Waals surface area contributed by atoms with Gasteiger partial charge in [-0.05, 0) is 76.3 Å². The number of carbonyl (C=O) groups excluding carboxylic acids is 2. The number of nitrogens with one attached hydrogen (secondary N) is 2. The van der Waals surface area contributed by atoms with Crippen molar-refractivity contribution < 1.29 is 14.3 Å². The Hall–Kier alpha value is -2.38. The number of carbonyl (C=O) groups is 2. The molecular formula is C21H23BrClN3O3. The second-order valence-electron chi connectivity index (χ2n) is 6.79. The van der Waals surface area contributed by atoms with Crippen LogP contribution in [0.15, 0.2) is 52.0 Å². The van der Waals surface area contributed by atoms with Crippen molar-refractivity contribution in [3.63, 3.8) is 0 Å². The highest BCUT2D eigenvalue weighted by atomic mass is 79.9. The zero-order valence-electron chi connectivity index (χ0n) is 16.4. The van der Waals surface area contributed by atoms with Crippen LogP contribution in [0.1, 0.15) is 36.2 Å². The molecule has 0 heterocycles. The summed E-state index contributed by atoms with van der Waals surface area (Å²) in [5.41, 5.74) is 3.71. The maximum Gasteiger partial charge on any atom is 0.262 e. The lowest BCUT2D eigenvalue weighted by Crippen LogP contribution is -2.46. The quantitative estimate of drug-likeness (QED) is 0.434. The maximum absolute atomic E-state index is 12.6. The number of halogens is 2. The Kier molecular flexibility index (Phi) is 8.67. The topological polar surface area (TPSA) is 79.8 Å². The van der Waals surface area contributed by atoms with Gasteiger partial charge in [-0.2, -0.15) is 5.10 Å². The minimum Gasteiger partial charge on any atom is -0.496 e. The van der Waals surface area contributed by atoms with E-state index in [9.17, 15) is 9.59 Å². The van der Waals surface area contributed by atoms with Crippen LogP contribution < -0.4 is 15.5 Å². The van der Waals surface area contributed by atoms with Crippen molar-refractivity contribution in [1.82, 2.24) is 10.7 Å². The highest BCUT2D eigenvalue weighted by molar-refractivity contribution is 9.10. The molecule has 1 unspecified atom stereocenters. The second kappa shape index (κ2) is 11.0. The lowest BCUT2D eigenvalue weighted by atomic mass is 10.0. The minimum absolute atomic E-state index is 0.206. The number of nitrogens with zero attached hydrogens (tertiary/aromatic N) is 1. The molecule has 2 rings (SSSR count). The third kappa shape index (κ3) is 7.18. The van der Waals surface area contributed by atoms with Crippen LogP contribution in [0.2, 0.25) is 5.02 Å². The first kappa shape index (κ1) is 22.9. The van der Waals surface area contributed by atoms with Gasteiger partial charge in [-0.1, -0.05) is 25.4 Å². The molecule has 8 heteroatoms. The number of methoxy groups -OCH3 is 1. The van der Waals surface area contributed by atoms with E-state index in [1.54, 1.807) is 37.4 Å². The van der Waals surface area contributed by atoms with Crippen LogP contribution in [-0.4, -0.2) is 31.2 Å². The van der Waals surface area contributed by atoms with E-state index in [0.29, 0.717) is 22.8 Å². The molecule has 0 aliphatic heterocycles. The van der Waals surface area contributed by atoms with Gasteiger partial charge in [0, 0.05) is 10.6 Å². The Bertz CT molecular complexity index is 885. The van der Waals surface area contributed by atoms with Crippen molar-refractivity contribution in [1.29, 1.82) is 0 Å². The Morgan fingerprint density at radius 3 is 2.48 bits per heavy atom. The average molecular weight is 481 g/mol. The van der Waals surface area contributed by atoms with Gasteiger partial charge in [0.2, 0.25) is 0 Å². The summed E-state index contributed by atoms with van der Waals surface area (Å²) >= 11 is 9.26. The Morgan fingerprint density at radius 1 is 1.21 bits per heavy atom. The highest BCUT2D eigenvalue weighted by Gasteiger charge is 2.22. The van der Waals surface area contributed by atoms with Crippen LogP contribution in [0.5, 0.6) is 5.75 Å². The van der Waals surface area contributed by atoms with Gasteiger partial charge >= 0.3 is 0 Å². The molecule has 2 aromatic rings. The molecule has 0 bridgehead atoms. The fourth-order valence-corrected chi connectivity index (χ4v) is 3.24. The van der Waals surface area contributed by atoms with Crippen molar-refractivity contribution in [2.75, 3.05) is 7.11 Å². The van der Waals surface area contributed by atoms with E-state index in [2.05, 4.69) is 31.8 Å². The summed E-state index contributed by atoms with van der Waals surface area (Å²) in [4.78, 5) is 25.0. The molecule has 6 nitrogen and oxygen atoms in total. The Balaban J connectivity index is 2.03. The van der Waals surface area contributed by atoms with Crippen LogP contribution in [0.3, 0.4) is 0 Å². The first-order valence-electron chi connectivity index (χ1n) is 9.03. The fourth-order valence-electron chi connectivity index (χ4n) is 2.56. The van der Waals surface area contributed by atoms with Crippen LogP contribution in [0, 0.1) is 5.92 Å². The second-order valence-corrected chi connectivity index (χ2v) is 8.08. The van der Waals surface area contributed by atoms with Crippen molar-refractivity contribution in [3.05, 3.63) is 63.1 Å². The molecule has 0 saturated heterocycles. The van der Waals surface area contributed by atoms with E-state index in [1.807, 2.05) is 26.0 Å². The lowest BCUT2D eigenvalue weighted by molar-refractivity contribution is -0.123. The van der Waals surface area contributed by atoms with Crippen LogP contribution in [-0.2, 0) is 4.79 Å². The van der Waals surface area contributed by atoms with E-state index in [0.717, 1.165) is 10.0 Å². The number of hydrogen-bond donors (Lipinski definition) is 2. The monoisotopic (exact) mass is 479 g/mol. The number of hydrogen-bond acceptors (Lipinski definition) is 4. The summed E-state index contributed by atoms with van der Waals surface area (Å²) in [5.74, 6) is 0.182. The van der Waals surface area contributed by atoms with Gasteiger partial charge in [-0.25, -0.2) is 5.43 Å². The van der Waals surface area contributed by atoms with Gasteiger partial charge < -0.3 is 10.1 Å². The molecule has 0 aromatic heterocycles.